The number of aliphatic hydroxyl groups excluding tert-OH is 2. The van der Waals surface area contributed by atoms with Crippen molar-refractivity contribution in [2.24, 2.45) is 51.5 Å². The van der Waals surface area contributed by atoms with Crippen molar-refractivity contribution in [3.05, 3.63) is 21.7 Å². The van der Waals surface area contributed by atoms with Gasteiger partial charge in [0.1, 0.15) is 29.9 Å². The number of carbonyl (C=O) groups is 4. The molecule has 2 heterocycles. The first-order chi connectivity index (χ1) is 27.2. The predicted octanol–water partition coefficient (Wildman–Crippen LogP) is 4.59. The summed E-state index contributed by atoms with van der Waals surface area (Å²) in [6.07, 6.45) is 12.0. The van der Waals surface area contributed by atoms with Crippen molar-refractivity contribution in [2.75, 3.05) is 32.1 Å². The highest BCUT2D eigenvalue weighted by atomic mass is 32.2. The molecule has 2 aliphatic heterocycles. The molecule has 0 radical (unpaired) electrons. The Morgan fingerprint density at radius 1 is 1.11 bits per heavy atom. The molecule has 5 N–H and O–H groups in total. The molecule has 6 aliphatic rings. The SMILES string of the molecule is C#CCCOCCOC(=O)NC(CN=[N+]=[N-])NC(=O)C1=C(C)CSC2C(NC(=O)CCC(C)C3CCC4C5CCC6CC(O)CCC6(C)C5CC(O)C34C)C(=O)N12. The third kappa shape index (κ3) is 8.65. The topological polar surface area (TPSA) is 215 Å². The Morgan fingerprint density at radius 3 is 2.65 bits per heavy atom. The van der Waals surface area contributed by atoms with Crippen molar-refractivity contribution >= 4 is 35.6 Å². The number of hydrogen-bond acceptors (Lipinski definition) is 10. The summed E-state index contributed by atoms with van der Waals surface area (Å²) in [5.74, 6) is 4.20. The zero-order valence-corrected chi connectivity index (χ0v) is 34.6. The fourth-order valence-electron chi connectivity index (χ4n) is 11.8. The van der Waals surface area contributed by atoms with Gasteiger partial charge in [-0.1, -0.05) is 25.9 Å². The van der Waals surface area contributed by atoms with Crippen LogP contribution in [0.2, 0.25) is 0 Å². The molecule has 15 nitrogen and oxygen atoms in total. The van der Waals surface area contributed by atoms with Crippen molar-refractivity contribution in [3.63, 3.8) is 0 Å². The first-order valence-corrected chi connectivity index (χ1v) is 21.9. The number of carbonyl (C=O) groups excluding carboxylic acids is 4. The van der Waals surface area contributed by atoms with E-state index >= 15 is 0 Å². The summed E-state index contributed by atoms with van der Waals surface area (Å²) in [7, 11) is 0. The van der Waals surface area contributed by atoms with Crippen LogP contribution in [0.3, 0.4) is 0 Å². The number of thioether (sulfide) groups is 1. The van der Waals surface area contributed by atoms with E-state index in [1.54, 1.807) is 6.92 Å². The second-order valence-electron chi connectivity index (χ2n) is 17.8. The van der Waals surface area contributed by atoms with E-state index in [0.29, 0.717) is 60.4 Å². The van der Waals surface area contributed by atoms with E-state index in [4.69, 9.17) is 21.4 Å². The minimum atomic E-state index is -1.12. The second kappa shape index (κ2) is 18.2. The summed E-state index contributed by atoms with van der Waals surface area (Å²) in [5.41, 5.74) is 9.63. The van der Waals surface area contributed by atoms with Crippen LogP contribution < -0.4 is 16.0 Å². The Hall–Kier alpha value is -3.48. The quantitative estimate of drug-likeness (QED) is 0.0297. The fourth-order valence-corrected chi connectivity index (χ4v) is 13.1. The number of fused-ring (bicyclic) bond motifs is 6. The average Bonchev–Trinajstić information content (AvgIpc) is 3.55. The highest BCUT2D eigenvalue weighted by molar-refractivity contribution is 8.00. The van der Waals surface area contributed by atoms with Gasteiger partial charge in [-0.05, 0) is 122 Å². The number of β-lactam (4-membered cyclic amide) rings is 1. The lowest BCUT2D eigenvalue weighted by molar-refractivity contribution is -0.175. The van der Waals surface area contributed by atoms with Crippen LogP contribution in [0.15, 0.2) is 16.4 Å². The third-order valence-electron chi connectivity index (χ3n) is 14.8. The summed E-state index contributed by atoms with van der Waals surface area (Å²) in [4.78, 5) is 57.0. The van der Waals surface area contributed by atoms with E-state index in [1.807, 2.05) is 0 Å². The maximum absolute atomic E-state index is 13.6. The van der Waals surface area contributed by atoms with Gasteiger partial charge in [0.15, 0.2) is 0 Å². The predicted molar refractivity (Wildman–Crippen MR) is 213 cm³/mol. The van der Waals surface area contributed by atoms with E-state index < -0.39 is 41.6 Å². The van der Waals surface area contributed by atoms with Crippen molar-refractivity contribution in [3.8, 4) is 12.3 Å². The van der Waals surface area contributed by atoms with Gasteiger partial charge in [-0.3, -0.25) is 19.3 Å². The maximum Gasteiger partial charge on any atom is 0.408 e. The Balaban J connectivity index is 1.000. The lowest BCUT2D eigenvalue weighted by atomic mass is 9.43. The number of aliphatic hydroxyl groups is 2. The number of amides is 4. The number of ether oxygens (including phenoxy) is 2. The van der Waals surface area contributed by atoms with Crippen LogP contribution in [-0.4, -0.2) is 101 Å². The normalized spacial score (nSPS) is 36.4. The highest BCUT2D eigenvalue weighted by Crippen LogP contribution is 2.68. The molecule has 0 aromatic rings. The Bertz CT molecular complexity index is 1670. The zero-order valence-electron chi connectivity index (χ0n) is 33.8. The fraction of sp³-hybridized carbons (Fsp3) is 0.805. The van der Waals surface area contributed by atoms with Crippen molar-refractivity contribution in [1.29, 1.82) is 0 Å². The first kappa shape index (κ1) is 43.1. The molecule has 5 fully saturated rings. The largest absolute Gasteiger partial charge is 0.447 e. The summed E-state index contributed by atoms with van der Waals surface area (Å²) in [5, 5.41) is 33.4. The molecule has 0 spiro atoms. The van der Waals surface area contributed by atoms with Gasteiger partial charge in [0, 0.05) is 23.5 Å². The van der Waals surface area contributed by atoms with E-state index in [1.165, 1.54) is 23.1 Å². The molecule has 6 rings (SSSR count). The summed E-state index contributed by atoms with van der Waals surface area (Å²) >= 11 is 1.46. The number of rotatable bonds is 15. The third-order valence-corrected chi connectivity index (χ3v) is 16.2. The molecular formula is C41H61N7O8S. The highest BCUT2D eigenvalue weighted by Gasteiger charge is 2.64. The standard InChI is InChI=1S/C41H61N7O8S/c1-6-7-16-55-17-18-56-39(54)45-32(21-43-47-42)44-36(52)35-24(3)22-57-38-34(37(53)48(35)38)46-33(51)13-8-23(2)28-11-12-29-27-10-9-25-19-26(49)14-15-40(25,4)30(27)20-31(50)41(28,29)5/h1,23,25-32,34,38,49-50H,7-22H2,2-5H3,(H,44,52)(H,45,54)(H,46,51). The van der Waals surface area contributed by atoms with Gasteiger partial charge in [-0.15, -0.1) is 24.1 Å². The molecule has 0 aromatic carbocycles. The Kier molecular flexibility index (Phi) is 13.8. The molecule has 4 saturated carbocycles. The lowest BCUT2D eigenvalue weighted by Gasteiger charge is -2.62. The van der Waals surface area contributed by atoms with E-state index in [-0.39, 0.29) is 60.6 Å². The summed E-state index contributed by atoms with van der Waals surface area (Å²) in [6, 6.07) is -0.786. The zero-order chi connectivity index (χ0) is 41.1. The van der Waals surface area contributed by atoms with Gasteiger partial charge in [0.2, 0.25) is 5.91 Å². The summed E-state index contributed by atoms with van der Waals surface area (Å²) < 4.78 is 10.3. The Labute approximate surface area is 340 Å². The molecule has 0 bridgehead atoms. The Morgan fingerprint density at radius 2 is 1.89 bits per heavy atom. The smallest absolute Gasteiger partial charge is 0.408 e. The molecule has 0 aromatic heterocycles. The molecular weight excluding hydrogens is 751 g/mol. The minimum absolute atomic E-state index is 0.0617. The van der Waals surface area contributed by atoms with Gasteiger partial charge in [0.05, 0.1) is 32.0 Å². The maximum atomic E-state index is 13.6. The molecule has 13 unspecified atom stereocenters. The van der Waals surface area contributed by atoms with Crippen LogP contribution in [0.5, 0.6) is 0 Å². The number of terminal acetylenes is 1. The lowest BCUT2D eigenvalue weighted by Crippen LogP contribution is -2.71. The number of nitrogens with zero attached hydrogens (tertiary/aromatic N) is 4. The van der Waals surface area contributed by atoms with E-state index in [2.05, 4.69) is 52.7 Å². The molecule has 4 amide bonds. The molecule has 1 saturated heterocycles. The molecule has 314 valence electrons. The van der Waals surface area contributed by atoms with Crippen LogP contribution in [0, 0.1) is 58.7 Å². The van der Waals surface area contributed by atoms with Crippen LogP contribution in [0.4, 0.5) is 4.79 Å². The number of nitrogens with one attached hydrogen (secondary N) is 3. The van der Waals surface area contributed by atoms with Gasteiger partial charge < -0.3 is 35.6 Å². The average molecular weight is 812 g/mol. The first-order valence-electron chi connectivity index (χ1n) is 20.8. The molecule has 16 heteroatoms. The van der Waals surface area contributed by atoms with Crippen LogP contribution in [0.1, 0.15) is 98.3 Å². The number of azide groups is 1. The molecule has 4 aliphatic carbocycles. The van der Waals surface area contributed by atoms with Gasteiger partial charge in [-0.2, -0.15) is 0 Å². The monoisotopic (exact) mass is 811 g/mol. The van der Waals surface area contributed by atoms with Crippen LogP contribution in [0.25, 0.3) is 10.4 Å². The minimum Gasteiger partial charge on any atom is -0.447 e. The molecule has 13 atom stereocenters. The van der Waals surface area contributed by atoms with E-state index in [0.717, 1.165) is 44.9 Å². The van der Waals surface area contributed by atoms with Gasteiger partial charge in [0.25, 0.3) is 11.8 Å². The second-order valence-corrected chi connectivity index (χ2v) is 18.9. The molecule has 57 heavy (non-hydrogen) atoms. The van der Waals surface area contributed by atoms with Crippen molar-refractivity contribution in [2.45, 2.75) is 128 Å². The number of alkyl carbamates (subject to hydrolysis) is 1. The van der Waals surface area contributed by atoms with Gasteiger partial charge in [-0.25, -0.2) is 4.79 Å². The summed E-state index contributed by atoms with van der Waals surface area (Å²) in [6.45, 7) is 8.77. The van der Waals surface area contributed by atoms with Crippen LogP contribution in [-0.2, 0) is 23.9 Å². The van der Waals surface area contributed by atoms with Gasteiger partial charge >= 0.3 is 6.09 Å². The van der Waals surface area contributed by atoms with Crippen molar-refractivity contribution in [1.82, 2.24) is 20.9 Å². The van der Waals surface area contributed by atoms with E-state index in [9.17, 15) is 29.4 Å². The van der Waals surface area contributed by atoms with Crippen LogP contribution >= 0.6 is 11.8 Å². The van der Waals surface area contributed by atoms with Crippen molar-refractivity contribution < 1.29 is 38.9 Å². The number of hydrogen-bond donors (Lipinski definition) is 5.